The first-order chi connectivity index (χ1) is 31.3. The third kappa shape index (κ3) is 10.9. The number of fused-ring (bicyclic) bond motifs is 5. The first kappa shape index (κ1) is 48.8. The molecular weight excluding hydrogens is 847 g/mol. The molecule has 0 saturated heterocycles. The third-order valence-electron chi connectivity index (χ3n) is 12.0. The summed E-state index contributed by atoms with van der Waals surface area (Å²) in [5.41, 5.74) is 14.2. The number of esters is 1. The predicted octanol–water partition coefficient (Wildman–Crippen LogP) is 3.34. The number of benzene rings is 2. The van der Waals surface area contributed by atoms with Gasteiger partial charge >= 0.3 is 5.97 Å². The van der Waals surface area contributed by atoms with E-state index in [4.69, 9.17) is 25.9 Å². The van der Waals surface area contributed by atoms with Crippen molar-refractivity contribution in [2.45, 2.75) is 111 Å². The fourth-order valence-electron chi connectivity index (χ4n) is 8.15. The summed E-state index contributed by atoms with van der Waals surface area (Å²) < 4.78 is 13.1. The molecule has 2 aromatic carbocycles. The molecule has 0 radical (unpaired) electrons. The number of carbonyl (C=O) groups is 5. The van der Waals surface area contributed by atoms with Gasteiger partial charge < -0.3 is 51.5 Å². The van der Waals surface area contributed by atoms with E-state index in [9.17, 15) is 33.9 Å². The summed E-state index contributed by atoms with van der Waals surface area (Å²) in [5, 5.41) is 20.6. The number of hydrogen-bond acceptors (Lipinski definition) is 12. The molecule has 66 heavy (non-hydrogen) atoms. The smallest absolute Gasteiger partial charge is 0.343 e. The maximum atomic E-state index is 13.8. The number of pyridine rings is 2. The molecule has 0 spiro atoms. The van der Waals surface area contributed by atoms with E-state index in [-0.39, 0.29) is 92.3 Å². The minimum Gasteiger partial charge on any atom is -0.489 e. The van der Waals surface area contributed by atoms with E-state index in [2.05, 4.69) is 20.9 Å². The second-order valence-electron chi connectivity index (χ2n) is 17.8. The van der Waals surface area contributed by atoms with Crippen LogP contribution in [0.15, 0.2) is 58.3 Å². The molecule has 8 N–H and O–H groups in total. The van der Waals surface area contributed by atoms with Crippen molar-refractivity contribution < 1.29 is 38.6 Å². The molecule has 3 atom stereocenters. The minimum atomic E-state index is -1.92. The minimum absolute atomic E-state index is 0.0481. The average Bonchev–Trinajstić information content (AvgIpc) is 3.65. The van der Waals surface area contributed by atoms with Crippen molar-refractivity contribution in [2.24, 2.45) is 28.3 Å². The standard InChI is InChI=1S/C48H61N9O9/c1-8-48(64)35-21-38-42-33(23-57(38)45(62)34(35)25-66-46(48)63)32(22-56(6)7)31-20-30(15-16-36(31)53-42)65-24-28-11-13-29(14-12-28)52-43(60)37(10-9-19-51-47(49)50)54-44(61)41(27(4)5)55-40(59)18-17-39(58)26(2)3/h11-16,20-21,26-27,37,41,64H,8-10,17-19,22-25H2,1-7H3,(H,52,60)(H,54,61)(H,55,59)(H4,49,50,51)/t37-,41-,48-/m0/s1. The van der Waals surface area contributed by atoms with Crippen LogP contribution in [-0.2, 0) is 60.6 Å². The van der Waals surface area contributed by atoms with Gasteiger partial charge in [-0.2, -0.15) is 0 Å². The van der Waals surface area contributed by atoms with E-state index in [1.165, 1.54) is 0 Å². The summed E-state index contributed by atoms with van der Waals surface area (Å²) >= 11 is 0. The first-order valence-corrected chi connectivity index (χ1v) is 22.3. The van der Waals surface area contributed by atoms with E-state index >= 15 is 0 Å². The highest BCUT2D eigenvalue weighted by Crippen LogP contribution is 2.41. The maximum absolute atomic E-state index is 13.8. The van der Waals surface area contributed by atoms with E-state index in [0.29, 0.717) is 41.3 Å². The fourth-order valence-corrected chi connectivity index (χ4v) is 8.15. The maximum Gasteiger partial charge on any atom is 0.343 e. The van der Waals surface area contributed by atoms with Crippen LogP contribution in [-0.4, -0.2) is 87.7 Å². The molecule has 0 unspecified atom stereocenters. The summed E-state index contributed by atoms with van der Waals surface area (Å²) in [4.78, 5) is 89.6. The number of guanidine groups is 1. The van der Waals surface area contributed by atoms with Gasteiger partial charge in [0.15, 0.2) is 11.6 Å². The van der Waals surface area contributed by atoms with Crippen molar-refractivity contribution in [3.05, 3.63) is 86.7 Å². The van der Waals surface area contributed by atoms with E-state index in [1.54, 1.807) is 57.4 Å². The molecule has 0 saturated carbocycles. The zero-order valence-electron chi connectivity index (χ0n) is 38.7. The number of ether oxygens (including phenoxy) is 2. The number of amides is 3. The summed E-state index contributed by atoms with van der Waals surface area (Å²) in [7, 11) is 3.92. The van der Waals surface area contributed by atoms with Gasteiger partial charge in [-0.3, -0.25) is 29.0 Å². The zero-order chi connectivity index (χ0) is 48.0. The van der Waals surface area contributed by atoms with Gasteiger partial charge in [-0.1, -0.05) is 46.8 Å². The fraction of sp³-hybridized carbons (Fsp3) is 0.458. The average molecular weight is 908 g/mol. The molecule has 3 amide bonds. The summed E-state index contributed by atoms with van der Waals surface area (Å²) in [6.45, 7) is 9.79. The lowest BCUT2D eigenvalue weighted by Crippen LogP contribution is -2.54. The van der Waals surface area contributed by atoms with Gasteiger partial charge in [0.2, 0.25) is 17.7 Å². The summed E-state index contributed by atoms with van der Waals surface area (Å²) in [5.74, 6) is -2.28. The Morgan fingerprint density at radius 1 is 0.985 bits per heavy atom. The highest BCUT2D eigenvalue weighted by atomic mass is 16.6. The van der Waals surface area contributed by atoms with Crippen molar-refractivity contribution >= 4 is 52.0 Å². The number of nitrogens with one attached hydrogen (secondary N) is 3. The van der Waals surface area contributed by atoms with Crippen LogP contribution < -0.4 is 37.7 Å². The zero-order valence-corrected chi connectivity index (χ0v) is 38.7. The number of nitrogens with zero attached hydrogens (tertiary/aromatic N) is 4. The monoisotopic (exact) mass is 907 g/mol. The number of ketones is 1. The van der Waals surface area contributed by atoms with Gasteiger partial charge in [-0.25, -0.2) is 9.78 Å². The molecule has 6 rings (SSSR count). The number of cyclic esters (lactones) is 1. The van der Waals surface area contributed by atoms with Crippen molar-refractivity contribution in [3.8, 4) is 17.1 Å². The molecule has 2 aliphatic rings. The van der Waals surface area contributed by atoms with Crippen LogP contribution in [0.5, 0.6) is 5.75 Å². The van der Waals surface area contributed by atoms with Gasteiger partial charge in [-0.15, -0.1) is 0 Å². The molecule has 4 heterocycles. The molecule has 18 nitrogen and oxygen atoms in total. The van der Waals surface area contributed by atoms with Gasteiger partial charge in [0.05, 0.1) is 29.0 Å². The second kappa shape index (κ2) is 20.7. The van der Waals surface area contributed by atoms with Crippen LogP contribution >= 0.6 is 0 Å². The second-order valence-corrected chi connectivity index (χ2v) is 17.8. The molecule has 0 bridgehead atoms. The van der Waals surface area contributed by atoms with Crippen molar-refractivity contribution in [2.75, 3.05) is 26.0 Å². The number of nitrogens with two attached hydrogens (primary N) is 2. The normalized spacial score (nSPS) is 16.0. The van der Waals surface area contributed by atoms with E-state index in [1.807, 2.05) is 49.3 Å². The lowest BCUT2D eigenvalue weighted by atomic mass is 9.86. The van der Waals surface area contributed by atoms with Gasteiger partial charge in [0, 0.05) is 54.0 Å². The van der Waals surface area contributed by atoms with E-state index in [0.717, 1.165) is 22.1 Å². The molecule has 0 aliphatic carbocycles. The third-order valence-corrected chi connectivity index (χ3v) is 12.0. The Balaban J connectivity index is 1.15. The van der Waals surface area contributed by atoms with Crippen LogP contribution in [0.25, 0.3) is 22.3 Å². The van der Waals surface area contributed by atoms with Gasteiger partial charge in [0.25, 0.3) is 5.56 Å². The molecule has 4 aromatic rings. The Bertz CT molecular complexity index is 2600. The van der Waals surface area contributed by atoms with Gasteiger partial charge in [-0.05, 0) is 86.8 Å². The Kier molecular flexibility index (Phi) is 15.3. The Morgan fingerprint density at radius 2 is 1.71 bits per heavy atom. The molecule has 18 heteroatoms. The van der Waals surface area contributed by atoms with Crippen LogP contribution in [0.1, 0.15) is 94.5 Å². The van der Waals surface area contributed by atoms with E-state index < -0.39 is 41.4 Å². The first-order valence-electron chi connectivity index (χ1n) is 22.3. The van der Waals surface area contributed by atoms with Crippen LogP contribution in [0.2, 0.25) is 0 Å². The van der Waals surface area contributed by atoms with Crippen molar-refractivity contribution in [3.63, 3.8) is 0 Å². The highest BCUT2D eigenvalue weighted by Gasteiger charge is 2.45. The SMILES string of the molecule is CC[C@@]1(O)C(=O)OCc2c1cc1n(c2=O)Cc2c-1nc1ccc(OCc3ccc(NC(=O)[C@H](CCCN=C(N)N)NC(=O)[C@@H](NC(=O)CCC(=O)C(C)C)C(C)C)cc3)cc1c2CN(C)C. The van der Waals surface area contributed by atoms with Crippen LogP contribution in [0.4, 0.5) is 5.69 Å². The number of carbonyl (C=O) groups excluding carboxylic acids is 5. The molecule has 0 fully saturated rings. The molecule has 2 aromatic heterocycles. The Morgan fingerprint density at radius 3 is 2.36 bits per heavy atom. The lowest BCUT2D eigenvalue weighted by molar-refractivity contribution is -0.172. The van der Waals surface area contributed by atoms with Crippen molar-refractivity contribution in [1.82, 2.24) is 25.1 Å². The Hall–Kier alpha value is -6.66. The number of aromatic nitrogens is 2. The molecular formula is C48H61N9O9. The number of hydrogen-bond donors (Lipinski definition) is 6. The largest absolute Gasteiger partial charge is 0.489 e. The number of aliphatic hydroxyl groups is 1. The summed E-state index contributed by atoms with van der Waals surface area (Å²) in [6.07, 6.45) is 0.654. The van der Waals surface area contributed by atoms with Gasteiger partial charge in [0.1, 0.15) is 36.8 Å². The predicted molar refractivity (Wildman–Crippen MR) is 249 cm³/mol. The number of anilines is 1. The number of rotatable bonds is 20. The lowest BCUT2D eigenvalue weighted by Gasteiger charge is -2.31. The topological polar surface area (TPSA) is 263 Å². The number of Topliss-reactive ketones (excluding diaryl/α,β-unsaturated/α-hetero) is 1. The Labute approximate surface area is 383 Å². The quantitative estimate of drug-likeness (QED) is 0.0284. The van der Waals surface area contributed by atoms with Crippen LogP contribution in [0, 0.1) is 11.8 Å². The molecule has 352 valence electrons. The van der Waals surface area contributed by atoms with Crippen LogP contribution in [0.3, 0.4) is 0 Å². The summed E-state index contributed by atoms with van der Waals surface area (Å²) in [6, 6.07) is 12.5. The van der Waals surface area contributed by atoms with Crippen molar-refractivity contribution in [1.29, 1.82) is 0 Å². The molecule has 2 aliphatic heterocycles. The number of aliphatic imine (C=N–C) groups is 1. The highest BCUT2D eigenvalue weighted by molar-refractivity contribution is 5.99.